The van der Waals surface area contributed by atoms with E-state index in [-0.39, 0.29) is 0 Å². The lowest BCUT2D eigenvalue weighted by molar-refractivity contribution is 1.22. The van der Waals surface area contributed by atoms with Crippen LogP contribution in [-0.2, 0) is 0 Å². The molecule has 0 unspecified atom stereocenters. The van der Waals surface area contributed by atoms with Gasteiger partial charge in [0.2, 0.25) is 0 Å². The Morgan fingerprint density at radius 3 is 2.13 bits per heavy atom. The van der Waals surface area contributed by atoms with Crippen LogP contribution in [0.25, 0.3) is 11.8 Å². The maximum Gasteiger partial charge on any atom is 0.138 e. The maximum absolute atomic E-state index is 4.77. The quantitative estimate of drug-likeness (QED) is 0.717. The number of fused-ring (bicyclic) bond motifs is 1. The molecular weight excluding hydrogens is 280 g/mol. The van der Waals surface area contributed by atoms with Crippen molar-refractivity contribution in [3.8, 4) is 0 Å². The highest BCUT2D eigenvalue weighted by Gasteiger charge is 2.16. The highest BCUT2D eigenvalue weighted by Crippen LogP contribution is 2.30. The van der Waals surface area contributed by atoms with Crippen molar-refractivity contribution in [2.75, 3.05) is 0 Å². The molecule has 0 saturated carbocycles. The topological polar surface area (TPSA) is 24.4 Å². The molecule has 4 rings (SSSR count). The van der Waals surface area contributed by atoms with Crippen LogP contribution in [0.1, 0.15) is 16.7 Å². The molecule has 2 heteroatoms. The predicted molar refractivity (Wildman–Crippen MR) is 96.5 cm³/mol. The molecule has 0 aliphatic carbocycles. The van der Waals surface area contributed by atoms with Gasteiger partial charge in [-0.25, -0.2) is 4.99 Å². The molecule has 0 atom stereocenters. The van der Waals surface area contributed by atoms with E-state index in [1.54, 1.807) is 0 Å². The lowest BCUT2D eigenvalue weighted by Crippen LogP contribution is -2.25. The van der Waals surface area contributed by atoms with Crippen molar-refractivity contribution in [2.45, 2.75) is 0 Å². The number of hydrogen-bond acceptors (Lipinski definition) is 2. The van der Waals surface area contributed by atoms with Gasteiger partial charge in [0.15, 0.2) is 0 Å². The van der Waals surface area contributed by atoms with Crippen LogP contribution in [-0.4, -0.2) is 5.84 Å². The Balaban J connectivity index is 1.83. The van der Waals surface area contributed by atoms with Gasteiger partial charge in [-0.15, -0.1) is 0 Å². The molecule has 3 aromatic carbocycles. The minimum absolute atomic E-state index is 0.881. The summed E-state index contributed by atoms with van der Waals surface area (Å²) >= 11 is 0. The van der Waals surface area contributed by atoms with Gasteiger partial charge in [0.1, 0.15) is 5.84 Å². The first kappa shape index (κ1) is 13.5. The Hall–Kier alpha value is -3.13. The Morgan fingerprint density at radius 1 is 0.696 bits per heavy atom. The number of rotatable bonds is 2. The Bertz CT molecular complexity index is 878. The van der Waals surface area contributed by atoms with Gasteiger partial charge in [-0.1, -0.05) is 78.9 Å². The van der Waals surface area contributed by atoms with Gasteiger partial charge in [-0.2, -0.15) is 0 Å². The molecule has 1 N–H and O–H groups in total. The van der Waals surface area contributed by atoms with Crippen molar-refractivity contribution < 1.29 is 0 Å². The molecule has 0 spiro atoms. The highest BCUT2D eigenvalue weighted by molar-refractivity contribution is 6.09. The van der Waals surface area contributed by atoms with E-state index in [1.165, 1.54) is 5.56 Å². The smallest absolute Gasteiger partial charge is 0.138 e. The normalized spacial score (nSPS) is 14.8. The molecule has 23 heavy (non-hydrogen) atoms. The highest BCUT2D eigenvalue weighted by atomic mass is 15.0. The molecule has 0 amide bonds. The van der Waals surface area contributed by atoms with E-state index in [4.69, 9.17) is 4.99 Å². The average molecular weight is 296 g/mol. The minimum atomic E-state index is 0.881. The molecule has 2 nitrogen and oxygen atoms in total. The summed E-state index contributed by atoms with van der Waals surface area (Å²) in [5, 5.41) is 3.49. The van der Waals surface area contributed by atoms with Crippen molar-refractivity contribution in [3.05, 3.63) is 102 Å². The third-order valence-corrected chi connectivity index (χ3v) is 3.84. The Kier molecular flexibility index (Phi) is 3.49. The van der Waals surface area contributed by atoms with E-state index in [2.05, 4.69) is 47.8 Å². The third kappa shape index (κ3) is 2.79. The molecule has 0 fully saturated rings. The summed E-state index contributed by atoms with van der Waals surface area (Å²) in [6.07, 6.45) is 2.16. The second kappa shape index (κ2) is 5.93. The van der Waals surface area contributed by atoms with E-state index < -0.39 is 0 Å². The molecule has 0 saturated heterocycles. The van der Waals surface area contributed by atoms with Crippen LogP contribution in [0, 0.1) is 0 Å². The van der Waals surface area contributed by atoms with Crippen LogP contribution in [0.5, 0.6) is 0 Å². The minimum Gasteiger partial charge on any atom is -0.339 e. The lowest BCUT2D eigenvalue weighted by Gasteiger charge is -2.21. The van der Waals surface area contributed by atoms with Crippen LogP contribution in [0.4, 0.5) is 5.69 Å². The number of nitrogens with one attached hydrogen (secondary N) is 1. The van der Waals surface area contributed by atoms with Gasteiger partial charge in [0.05, 0.1) is 5.69 Å². The van der Waals surface area contributed by atoms with Crippen molar-refractivity contribution in [3.63, 3.8) is 0 Å². The van der Waals surface area contributed by atoms with E-state index in [9.17, 15) is 0 Å². The zero-order chi connectivity index (χ0) is 15.5. The number of benzene rings is 3. The summed E-state index contributed by atoms with van der Waals surface area (Å²) in [6, 6.07) is 28.8. The first-order valence-corrected chi connectivity index (χ1v) is 7.67. The molecular formula is C21H16N2. The summed E-state index contributed by atoms with van der Waals surface area (Å²) in [4.78, 5) is 4.77. The SMILES string of the molecule is C(=C1/NC(c2ccccc2)=Nc2ccccc21)/c1ccccc1. The van der Waals surface area contributed by atoms with Crippen molar-refractivity contribution >= 4 is 23.3 Å². The molecule has 0 radical (unpaired) electrons. The zero-order valence-corrected chi connectivity index (χ0v) is 12.6. The largest absolute Gasteiger partial charge is 0.339 e. The van der Waals surface area contributed by atoms with Crippen LogP contribution < -0.4 is 5.32 Å². The fourth-order valence-electron chi connectivity index (χ4n) is 2.70. The van der Waals surface area contributed by atoms with Gasteiger partial charge in [0.25, 0.3) is 0 Å². The third-order valence-electron chi connectivity index (χ3n) is 3.84. The number of aliphatic imine (C=N–C) groups is 1. The number of amidine groups is 1. The zero-order valence-electron chi connectivity index (χ0n) is 12.6. The second-order valence-electron chi connectivity index (χ2n) is 5.44. The number of hydrogen-bond donors (Lipinski definition) is 1. The van der Waals surface area contributed by atoms with Crippen molar-refractivity contribution in [1.29, 1.82) is 0 Å². The summed E-state index contributed by atoms with van der Waals surface area (Å²) in [5.41, 5.74) is 5.43. The molecule has 1 aliphatic rings. The standard InChI is InChI=1S/C21H16N2/c1-3-9-16(10-4-1)15-20-18-13-7-8-14-19(18)22-21(23-20)17-11-5-2-6-12-17/h1-15H,(H,22,23)/b20-15-. The van der Waals surface area contributed by atoms with E-state index in [0.717, 1.165) is 28.3 Å². The summed E-state index contributed by atoms with van der Waals surface area (Å²) in [6.45, 7) is 0. The summed E-state index contributed by atoms with van der Waals surface area (Å²) in [5.74, 6) is 0.881. The fourth-order valence-corrected chi connectivity index (χ4v) is 2.70. The average Bonchev–Trinajstić information content (AvgIpc) is 2.63. The molecule has 3 aromatic rings. The number of para-hydroxylation sites is 1. The summed E-state index contributed by atoms with van der Waals surface area (Å²) < 4.78 is 0. The fraction of sp³-hybridized carbons (Fsp3) is 0. The van der Waals surface area contributed by atoms with Crippen molar-refractivity contribution in [1.82, 2.24) is 5.32 Å². The molecule has 110 valence electrons. The predicted octanol–water partition coefficient (Wildman–Crippen LogP) is 4.87. The van der Waals surface area contributed by atoms with Crippen LogP contribution in [0.15, 0.2) is 89.9 Å². The Labute approximate surface area is 135 Å². The monoisotopic (exact) mass is 296 g/mol. The van der Waals surface area contributed by atoms with Gasteiger partial charge < -0.3 is 5.32 Å². The van der Waals surface area contributed by atoms with Gasteiger partial charge in [-0.05, 0) is 17.7 Å². The molecule has 0 aromatic heterocycles. The molecule has 0 bridgehead atoms. The summed E-state index contributed by atoms with van der Waals surface area (Å²) in [7, 11) is 0. The Morgan fingerprint density at radius 2 is 1.35 bits per heavy atom. The van der Waals surface area contributed by atoms with Crippen molar-refractivity contribution in [2.24, 2.45) is 4.99 Å². The lowest BCUT2D eigenvalue weighted by atomic mass is 10.0. The van der Waals surface area contributed by atoms with Crippen LogP contribution in [0.2, 0.25) is 0 Å². The van der Waals surface area contributed by atoms with E-state index >= 15 is 0 Å². The van der Waals surface area contributed by atoms with Crippen LogP contribution in [0.3, 0.4) is 0 Å². The van der Waals surface area contributed by atoms with Gasteiger partial charge in [-0.3, -0.25) is 0 Å². The van der Waals surface area contributed by atoms with Crippen LogP contribution >= 0.6 is 0 Å². The second-order valence-corrected chi connectivity index (χ2v) is 5.44. The van der Waals surface area contributed by atoms with E-state index in [0.29, 0.717) is 0 Å². The first-order valence-electron chi connectivity index (χ1n) is 7.67. The maximum atomic E-state index is 4.77. The first-order chi connectivity index (χ1) is 11.4. The van der Waals surface area contributed by atoms with Gasteiger partial charge >= 0.3 is 0 Å². The van der Waals surface area contributed by atoms with Gasteiger partial charge in [0, 0.05) is 16.8 Å². The molecule has 1 aliphatic heterocycles. The molecule has 1 heterocycles. The number of nitrogens with zero attached hydrogens (tertiary/aromatic N) is 1. The van der Waals surface area contributed by atoms with E-state index in [1.807, 2.05) is 48.5 Å².